The maximum Gasteiger partial charge on any atom is 0.0166 e. The predicted octanol–water partition coefficient (Wildman–Crippen LogP) is 2.83. The molecule has 1 fully saturated rings. The smallest absolute Gasteiger partial charge is 0.0166 e. The van der Waals surface area contributed by atoms with Crippen molar-refractivity contribution in [2.75, 3.05) is 6.54 Å². The SMILES string of the molecule is C=CCN(C(C)C)C1CCCC1. The van der Waals surface area contributed by atoms with E-state index in [4.69, 9.17) is 0 Å². The fraction of sp³-hybridized carbons (Fsp3) is 0.818. The highest BCUT2D eigenvalue weighted by Gasteiger charge is 2.22. The molecule has 0 radical (unpaired) electrons. The Balaban J connectivity index is 2.45. The molecule has 1 nitrogen and oxygen atoms in total. The van der Waals surface area contributed by atoms with Crippen LogP contribution in [0, 0.1) is 0 Å². The van der Waals surface area contributed by atoms with Crippen LogP contribution < -0.4 is 0 Å². The summed E-state index contributed by atoms with van der Waals surface area (Å²) in [5, 5.41) is 0. The van der Waals surface area contributed by atoms with Crippen LogP contribution in [0.25, 0.3) is 0 Å². The van der Waals surface area contributed by atoms with Gasteiger partial charge in [0.25, 0.3) is 0 Å². The van der Waals surface area contributed by atoms with Gasteiger partial charge < -0.3 is 0 Å². The maximum atomic E-state index is 3.81. The van der Waals surface area contributed by atoms with E-state index in [1.54, 1.807) is 0 Å². The summed E-state index contributed by atoms with van der Waals surface area (Å²) in [5.41, 5.74) is 0. The van der Waals surface area contributed by atoms with Gasteiger partial charge in [-0.25, -0.2) is 0 Å². The molecule has 0 aliphatic heterocycles. The molecular weight excluding hydrogens is 146 g/mol. The zero-order valence-corrected chi connectivity index (χ0v) is 8.42. The highest BCUT2D eigenvalue weighted by molar-refractivity contribution is 4.84. The monoisotopic (exact) mass is 167 g/mol. The van der Waals surface area contributed by atoms with Crippen molar-refractivity contribution in [1.29, 1.82) is 0 Å². The fourth-order valence-corrected chi connectivity index (χ4v) is 2.17. The fourth-order valence-electron chi connectivity index (χ4n) is 2.17. The number of hydrogen-bond acceptors (Lipinski definition) is 1. The molecule has 0 aromatic heterocycles. The van der Waals surface area contributed by atoms with Crippen LogP contribution in [-0.2, 0) is 0 Å². The van der Waals surface area contributed by atoms with Gasteiger partial charge in [0.05, 0.1) is 0 Å². The van der Waals surface area contributed by atoms with Gasteiger partial charge in [0.1, 0.15) is 0 Å². The highest BCUT2D eigenvalue weighted by Crippen LogP contribution is 2.24. The summed E-state index contributed by atoms with van der Waals surface area (Å²) in [6, 6.07) is 1.51. The first-order valence-electron chi connectivity index (χ1n) is 5.12. The van der Waals surface area contributed by atoms with Crippen LogP contribution in [0.4, 0.5) is 0 Å². The molecule has 0 spiro atoms. The second kappa shape index (κ2) is 4.66. The molecule has 1 aliphatic rings. The van der Waals surface area contributed by atoms with E-state index in [0.717, 1.165) is 12.6 Å². The molecule has 1 saturated carbocycles. The molecule has 0 amide bonds. The van der Waals surface area contributed by atoms with Crippen LogP contribution in [0.3, 0.4) is 0 Å². The summed E-state index contributed by atoms with van der Waals surface area (Å²) in [7, 11) is 0. The maximum absolute atomic E-state index is 3.81. The summed E-state index contributed by atoms with van der Waals surface area (Å²) >= 11 is 0. The first-order chi connectivity index (χ1) is 5.75. The lowest BCUT2D eigenvalue weighted by Gasteiger charge is -2.31. The van der Waals surface area contributed by atoms with Crippen LogP contribution >= 0.6 is 0 Å². The van der Waals surface area contributed by atoms with E-state index in [1.165, 1.54) is 25.7 Å². The van der Waals surface area contributed by atoms with E-state index in [1.807, 2.05) is 6.08 Å². The Morgan fingerprint density at radius 3 is 2.42 bits per heavy atom. The Morgan fingerprint density at radius 2 is 2.00 bits per heavy atom. The van der Waals surface area contributed by atoms with Crippen molar-refractivity contribution >= 4 is 0 Å². The normalized spacial score (nSPS) is 19.3. The third-order valence-corrected chi connectivity index (χ3v) is 2.80. The van der Waals surface area contributed by atoms with E-state index in [9.17, 15) is 0 Å². The molecule has 0 bridgehead atoms. The molecule has 1 aliphatic carbocycles. The van der Waals surface area contributed by atoms with Gasteiger partial charge in [0.2, 0.25) is 0 Å². The van der Waals surface area contributed by atoms with Crippen molar-refractivity contribution in [1.82, 2.24) is 4.90 Å². The Kier molecular flexibility index (Phi) is 3.80. The third kappa shape index (κ3) is 2.34. The topological polar surface area (TPSA) is 3.24 Å². The standard InChI is InChI=1S/C11H21N/c1-4-9-12(10(2)3)11-7-5-6-8-11/h4,10-11H,1,5-9H2,2-3H3. The molecular formula is C11H21N. The van der Waals surface area contributed by atoms with Gasteiger partial charge in [-0.05, 0) is 26.7 Å². The van der Waals surface area contributed by atoms with E-state index in [-0.39, 0.29) is 0 Å². The Bertz CT molecular complexity index is 134. The Morgan fingerprint density at radius 1 is 1.42 bits per heavy atom. The lowest BCUT2D eigenvalue weighted by atomic mass is 10.1. The van der Waals surface area contributed by atoms with E-state index >= 15 is 0 Å². The molecule has 0 aromatic carbocycles. The summed E-state index contributed by atoms with van der Waals surface area (Å²) in [5.74, 6) is 0. The minimum atomic E-state index is 0.672. The first kappa shape index (κ1) is 9.79. The Labute approximate surface area is 76.5 Å². The largest absolute Gasteiger partial charge is 0.294 e. The van der Waals surface area contributed by atoms with Crippen molar-refractivity contribution in [3.8, 4) is 0 Å². The van der Waals surface area contributed by atoms with Crippen molar-refractivity contribution in [3.63, 3.8) is 0 Å². The molecule has 0 aromatic rings. The molecule has 0 unspecified atom stereocenters. The van der Waals surface area contributed by atoms with Gasteiger partial charge in [0, 0.05) is 18.6 Å². The number of nitrogens with zero attached hydrogens (tertiary/aromatic N) is 1. The second-order valence-corrected chi connectivity index (χ2v) is 4.02. The predicted molar refractivity (Wildman–Crippen MR) is 54.3 cm³/mol. The van der Waals surface area contributed by atoms with Crippen LogP contribution in [-0.4, -0.2) is 23.5 Å². The van der Waals surface area contributed by atoms with Gasteiger partial charge in [-0.1, -0.05) is 18.9 Å². The molecule has 0 N–H and O–H groups in total. The van der Waals surface area contributed by atoms with Gasteiger partial charge in [-0.3, -0.25) is 4.90 Å². The van der Waals surface area contributed by atoms with Crippen molar-refractivity contribution in [3.05, 3.63) is 12.7 Å². The first-order valence-corrected chi connectivity index (χ1v) is 5.12. The highest BCUT2D eigenvalue weighted by atomic mass is 15.2. The van der Waals surface area contributed by atoms with Gasteiger partial charge in [0.15, 0.2) is 0 Å². The number of rotatable bonds is 4. The van der Waals surface area contributed by atoms with Crippen molar-refractivity contribution in [2.24, 2.45) is 0 Å². The summed E-state index contributed by atoms with van der Waals surface area (Å²) in [6.07, 6.45) is 7.66. The molecule has 12 heavy (non-hydrogen) atoms. The summed E-state index contributed by atoms with van der Waals surface area (Å²) in [4.78, 5) is 2.57. The van der Waals surface area contributed by atoms with E-state index in [0.29, 0.717) is 6.04 Å². The van der Waals surface area contributed by atoms with Crippen LogP contribution in [0.5, 0.6) is 0 Å². The van der Waals surface area contributed by atoms with Crippen LogP contribution in [0.15, 0.2) is 12.7 Å². The van der Waals surface area contributed by atoms with Gasteiger partial charge in [-0.2, -0.15) is 0 Å². The average Bonchev–Trinajstić information content (AvgIpc) is 2.51. The number of hydrogen-bond donors (Lipinski definition) is 0. The average molecular weight is 167 g/mol. The summed E-state index contributed by atoms with van der Waals surface area (Å²) < 4.78 is 0. The molecule has 0 heterocycles. The lowest BCUT2D eigenvalue weighted by Crippen LogP contribution is -2.38. The van der Waals surface area contributed by atoms with Gasteiger partial charge in [-0.15, -0.1) is 6.58 Å². The molecule has 70 valence electrons. The van der Waals surface area contributed by atoms with Crippen LogP contribution in [0.2, 0.25) is 0 Å². The minimum absolute atomic E-state index is 0.672. The second-order valence-electron chi connectivity index (χ2n) is 4.02. The molecule has 1 rings (SSSR count). The van der Waals surface area contributed by atoms with Crippen LogP contribution in [0.1, 0.15) is 39.5 Å². The van der Waals surface area contributed by atoms with Gasteiger partial charge >= 0.3 is 0 Å². The van der Waals surface area contributed by atoms with Crippen molar-refractivity contribution < 1.29 is 0 Å². The lowest BCUT2D eigenvalue weighted by molar-refractivity contribution is 0.174. The van der Waals surface area contributed by atoms with Crippen molar-refractivity contribution in [2.45, 2.75) is 51.6 Å². The zero-order valence-electron chi connectivity index (χ0n) is 8.42. The molecule has 1 heteroatoms. The quantitative estimate of drug-likeness (QED) is 0.582. The molecule has 0 atom stereocenters. The van der Waals surface area contributed by atoms with E-state index in [2.05, 4.69) is 25.3 Å². The molecule has 0 saturated heterocycles. The zero-order chi connectivity index (χ0) is 8.97. The van der Waals surface area contributed by atoms with E-state index < -0.39 is 0 Å². The minimum Gasteiger partial charge on any atom is -0.294 e. The summed E-state index contributed by atoms with van der Waals surface area (Å²) in [6.45, 7) is 9.43. The Hall–Kier alpha value is -0.300. The third-order valence-electron chi connectivity index (χ3n) is 2.80.